The fourth-order valence-electron chi connectivity index (χ4n) is 2.97. The third kappa shape index (κ3) is 3.33. The summed E-state index contributed by atoms with van der Waals surface area (Å²) >= 11 is 0. The van der Waals surface area contributed by atoms with E-state index in [0.717, 1.165) is 43.6 Å². The van der Waals surface area contributed by atoms with Crippen molar-refractivity contribution in [2.45, 2.75) is 46.5 Å². The number of piperidine rings is 1. The molecule has 1 saturated heterocycles. The number of likely N-dealkylation sites (tertiary alicyclic amines) is 1. The summed E-state index contributed by atoms with van der Waals surface area (Å²) in [4.78, 5) is 14.4. The van der Waals surface area contributed by atoms with E-state index in [-0.39, 0.29) is 6.03 Å². The van der Waals surface area contributed by atoms with Crippen LogP contribution in [0.2, 0.25) is 0 Å². The highest BCUT2D eigenvalue weighted by Crippen LogP contribution is 2.23. The Balaban J connectivity index is 2.08. The molecule has 1 aliphatic heterocycles. The second kappa shape index (κ2) is 6.78. The molecule has 0 aliphatic carbocycles. The maximum Gasteiger partial charge on any atom is 0.321 e. The molecule has 110 valence electrons. The molecule has 3 nitrogen and oxygen atoms in total. The average Bonchev–Trinajstić information content (AvgIpc) is 2.49. The van der Waals surface area contributed by atoms with E-state index in [0.29, 0.717) is 5.92 Å². The SMILES string of the molecule is CCc1cccc(C)c1NC(=O)N1CCC[C@H](CC)C1. The topological polar surface area (TPSA) is 32.3 Å². The molecular formula is C17H26N2O. The van der Waals surface area contributed by atoms with Crippen LogP contribution in [-0.2, 0) is 6.42 Å². The normalized spacial score (nSPS) is 18.9. The Labute approximate surface area is 122 Å². The van der Waals surface area contributed by atoms with Gasteiger partial charge in [0, 0.05) is 18.8 Å². The van der Waals surface area contributed by atoms with E-state index in [1.54, 1.807) is 0 Å². The van der Waals surface area contributed by atoms with Crippen LogP contribution in [0, 0.1) is 12.8 Å². The van der Waals surface area contributed by atoms with E-state index in [2.05, 4.69) is 44.3 Å². The molecule has 3 heteroatoms. The lowest BCUT2D eigenvalue weighted by molar-refractivity contribution is 0.176. The molecule has 1 aromatic carbocycles. The summed E-state index contributed by atoms with van der Waals surface area (Å²) in [7, 11) is 0. The number of nitrogens with zero attached hydrogens (tertiary/aromatic N) is 1. The zero-order valence-corrected chi connectivity index (χ0v) is 12.9. The number of rotatable bonds is 3. The van der Waals surface area contributed by atoms with Gasteiger partial charge in [0.2, 0.25) is 0 Å². The van der Waals surface area contributed by atoms with Crippen molar-refractivity contribution in [2.75, 3.05) is 18.4 Å². The van der Waals surface area contributed by atoms with Crippen molar-refractivity contribution in [1.82, 2.24) is 4.90 Å². The monoisotopic (exact) mass is 274 g/mol. The number of carbonyl (C=O) groups is 1. The first-order valence-corrected chi connectivity index (χ1v) is 7.80. The average molecular weight is 274 g/mol. The molecule has 20 heavy (non-hydrogen) atoms. The highest BCUT2D eigenvalue weighted by Gasteiger charge is 2.23. The smallest absolute Gasteiger partial charge is 0.321 e. The summed E-state index contributed by atoms with van der Waals surface area (Å²) in [6, 6.07) is 6.26. The van der Waals surface area contributed by atoms with Gasteiger partial charge in [-0.1, -0.05) is 38.5 Å². The molecule has 1 aromatic rings. The molecule has 2 rings (SSSR count). The summed E-state index contributed by atoms with van der Waals surface area (Å²) in [6.45, 7) is 8.17. The van der Waals surface area contributed by atoms with Crippen LogP contribution in [0.3, 0.4) is 0 Å². The van der Waals surface area contributed by atoms with E-state index in [1.165, 1.54) is 12.0 Å². The van der Waals surface area contributed by atoms with Crippen LogP contribution in [0.4, 0.5) is 10.5 Å². The standard InChI is InChI=1S/C17H26N2O/c1-4-14-9-7-11-19(12-14)17(20)18-16-13(3)8-6-10-15(16)5-2/h6,8,10,14H,4-5,7,9,11-12H2,1-3H3,(H,18,20)/t14-/m0/s1. The van der Waals surface area contributed by atoms with Crippen LogP contribution in [0.15, 0.2) is 18.2 Å². The molecule has 0 aromatic heterocycles. The summed E-state index contributed by atoms with van der Waals surface area (Å²) in [5.41, 5.74) is 3.35. The van der Waals surface area contributed by atoms with Gasteiger partial charge in [0.25, 0.3) is 0 Å². The third-order valence-electron chi connectivity index (χ3n) is 4.36. The first kappa shape index (κ1) is 14.9. The van der Waals surface area contributed by atoms with Gasteiger partial charge in [-0.05, 0) is 43.2 Å². The predicted molar refractivity (Wildman–Crippen MR) is 84.2 cm³/mol. The Hall–Kier alpha value is -1.51. The van der Waals surface area contributed by atoms with Gasteiger partial charge in [0.05, 0.1) is 0 Å². The number of anilines is 1. The molecule has 0 saturated carbocycles. The van der Waals surface area contributed by atoms with Crippen molar-refractivity contribution in [1.29, 1.82) is 0 Å². The molecule has 0 bridgehead atoms. The molecule has 1 fully saturated rings. The van der Waals surface area contributed by atoms with E-state index in [9.17, 15) is 4.79 Å². The number of hydrogen-bond donors (Lipinski definition) is 1. The predicted octanol–water partition coefficient (Wildman–Crippen LogP) is 4.21. The van der Waals surface area contributed by atoms with Gasteiger partial charge in [0.1, 0.15) is 0 Å². The van der Waals surface area contributed by atoms with E-state index >= 15 is 0 Å². The van der Waals surface area contributed by atoms with E-state index in [1.807, 2.05) is 4.90 Å². The number of aryl methyl sites for hydroxylation is 2. The first-order valence-electron chi connectivity index (χ1n) is 7.80. The second-order valence-corrected chi connectivity index (χ2v) is 5.76. The maximum atomic E-state index is 12.5. The summed E-state index contributed by atoms with van der Waals surface area (Å²) < 4.78 is 0. The van der Waals surface area contributed by atoms with Crippen LogP contribution >= 0.6 is 0 Å². The molecule has 2 amide bonds. The molecule has 1 aliphatic rings. The fourth-order valence-corrected chi connectivity index (χ4v) is 2.97. The van der Waals surface area contributed by atoms with Crippen molar-refractivity contribution in [2.24, 2.45) is 5.92 Å². The van der Waals surface area contributed by atoms with Gasteiger partial charge in [-0.3, -0.25) is 0 Å². The Morgan fingerprint density at radius 2 is 2.20 bits per heavy atom. The maximum absolute atomic E-state index is 12.5. The van der Waals surface area contributed by atoms with Crippen molar-refractivity contribution >= 4 is 11.7 Å². The van der Waals surface area contributed by atoms with Crippen molar-refractivity contribution in [3.8, 4) is 0 Å². The zero-order chi connectivity index (χ0) is 14.5. The number of nitrogens with one attached hydrogen (secondary N) is 1. The largest absolute Gasteiger partial charge is 0.324 e. The molecule has 0 spiro atoms. The Kier molecular flexibility index (Phi) is 5.05. The first-order chi connectivity index (χ1) is 9.65. The number of urea groups is 1. The molecular weight excluding hydrogens is 248 g/mol. The molecule has 0 unspecified atom stereocenters. The fraction of sp³-hybridized carbons (Fsp3) is 0.588. The van der Waals surface area contributed by atoms with Crippen LogP contribution in [0.1, 0.15) is 44.2 Å². The van der Waals surface area contributed by atoms with Crippen molar-refractivity contribution < 1.29 is 4.79 Å². The Morgan fingerprint density at radius 3 is 2.90 bits per heavy atom. The van der Waals surface area contributed by atoms with Gasteiger partial charge in [-0.15, -0.1) is 0 Å². The van der Waals surface area contributed by atoms with Crippen LogP contribution < -0.4 is 5.32 Å². The number of hydrogen-bond acceptors (Lipinski definition) is 1. The minimum atomic E-state index is 0.0622. The van der Waals surface area contributed by atoms with Gasteiger partial charge in [-0.25, -0.2) is 4.79 Å². The Morgan fingerprint density at radius 1 is 1.40 bits per heavy atom. The van der Waals surface area contributed by atoms with Gasteiger partial charge in [0.15, 0.2) is 0 Å². The summed E-state index contributed by atoms with van der Waals surface area (Å²) in [5.74, 6) is 0.664. The quantitative estimate of drug-likeness (QED) is 0.879. The summed E-state index contributed by atoms with van der Waals surface area (Å²) in [5, 5.41) is 3.13. The number of para-hydroxylation sites is 1. The van der Waals surface area contributed by atoms with Gasteiger partial charge >= 0.3 is 6.03 Å². The second-order valence-electron chi connectivity index (χ2n) is 5.76. The van der Waals surface area contributed by atoms with Crippen LogP contribution in [0.5, 0.6) is 0 Å². The number of benzene rings is 1. The minimum absolute atomic E-state index is 0.0622. The van der Waals surface area contributed by atoms with Crippen molar-refractivity contribution in [3.63, 3.8) is 0 Å². The highest BCUT2D eigenvalue weighted by atomic mass is 16.2. The molecule has 1 heterocycles. The lowest BCUT2D eigenvalue weighted by Gasteiger charge is -2.32. The van der Waals surface area contributed by atoms with E-state index in [4.69, 9.17) is 0 Å². The van der Waals surface area contributed by atoms with Crippen LogP contribution in [0.25, 0.3) is 0 Å². The van der Waals surface area contributed by atoms with E-state index < -0.39 is 0 Å². The number of amides is 2. The minimum Gasteiger partial charge on any atom is -0.324 e. The van der Waals surface area contributed by atoms with Gasteiger partial charge in [-0.2, -0.15) is 0 Å². The summed E-state index contributed by atoms with van der Waals surface area (Å²) in [6.07, 6.45) is 4.48. The number of carbonyl (C=O) groups excluding carboxylic acids is 1. The lowest BCUT2D eigenvalue weighted by Crippen LogP contribution is -2.42. The lowest BCUT2D eigenvalue weighted by atomic mass is 9.96. The molecule has 1 atom stereocenters. The Bertz CT molecular complexity index is 470. The molecule has 1 N–H and O–H groups in total. The molecule has 0 radical (unpaired) electrons. The zero-order valence-electron chi connectivity index (χ0n) is 12.9. The van der Waals surface area contributed by atoms with Crippen molar-refractivity contribution in [3.05, 3.63) is 29.3 Å². The highest BCUT2D eigenvalue weighted by molar-refractivity contribution is 5.91. The van der Waals surface area contributed by atoms with Gasteiger partial charge < -0.3 is 10.2 Å². The third-order valence-corrected chi connectivity index (χ3v) is 4.36. The van der Waals surface area contributed by atoms with Crippen LogP contribution in [-0.4, -0.2) is 24.0 Å².